The molecule has 2 aromatic rings. The molecule has 0 radical (unpaired) electrons. The van der Waals surface area contributed by atoms with Crippen molar-refractivity contribution in [3.8, 4) is 5.75 Å². The molecule has 0 saturated carbocycles. The van der Waals surface area contributed by atoms with Crippen molar-refractivity contribution in [2.24, 2.45) is 0 Å². The SMILES string of the molecule is CCN(CC)CCCCOc1ccc2c(=O)ccoc2c1. The normalized spacial score (nSPS) is 11.2. The molecule has 0 amide bonds. The molecule has 4 heteroatoms. The van der Waals surface area contributed by atoms with Crippen LogP contribution < -0.4 is 10.2 Å². The summed E-state index contributed by atoms with van der Waals surface area (Å²) in [7, 11) is 0. The van der Waals surface area contributed by atoms with Gasteiger partial charge in [0.1, 0.15) is 11.3 Å². The highest BCUT2D eigenvalue weighted by Gasteiger charge is 2.03. The molecule has 0 fully saturated rings. The molecule has 1 aromatic heterocycles. The van der Waals surface area contributed by atoms with Gasteiger partial charge in [-0.15, -0.1) is 0 Å². The summed E-state index contributed by atoms with van der Waals surface area (Å²) in [5, 5.41) is 0.589. The lowest BCUT2D eigenvalue weighted by Gasteiger charge is -2.17. The number of nitrogens with zero attached hydrogens (tertiary/aromatic N) is 1. The third kappa shape index (κ3) is 4.33. The average molecular weight is 289 g/mol. The topological polar surface area (TPSA) is 42.7 Å². The molecule has 0 bridgehead atoms. The van der Waals surface area contributed by atoms with Crippen LogP contribution >= 0.6 is 0 Å². The van der Waals surface area contributed by atoms with Crippen molar-refractivity contribution in [3.63, 3.8) is 0 Å². The predicted molar refractivity (Wildman–Crippen MR) is 85.0 cm³/mol. The maximum atomic E-state index is 11.6. The van der Waals surface area contributed by atoms with Gasteiger partial charge >= 0.3 is 0 Å². The Labute approximate surface area is 125 Å². The molecule has 0 aliphatic heterocycles. The van der Waals surface area contributed by atoms with E-state index in [0.717, 1.165) is 38.2 Å². The van der Waals surface area contributed by atoms with E-state index >= 15 is 0 Å². The molecule has 1 aromatic carbocycles. The van der Waals surface area contributed by atoms with Crippen LogP contribution in [0.2, 0.25) is 0 Å². The van der Waals surface area contributed by atoms with Gasteiger partial charge in [0.25, 0.3) is 0 Å². The lowest BCUT2D eigenvalue weighted by atomic mass is 10.2. The Balaban J connectivity index is 1.83. The van der Waals surface area contributed by atoms with Gasteiger partial charge in [-0.1, -0.05) is 13.8 Å². The maximum Gasteiger partial charge on any atom is 0.192 e. The van der Waals surface area contributed by atoms with E-state index in [1.165, 1.54) is 12.3 Å². The summed E-state index contributed by atoms with van der Waals surface area (Å²) < 4.78 is 11.1. The van der Waals surface area contributed by atoms with Gasteiger partial charge in [-0.05, 0) is 44.6 Å². The van der Waals surface area contributed by atoms with Crippen LogP contribution in [0.25, 0.3) is 11.0 Å². The molecular formula is C17H23NO3. The molecule has 0 N–H and O–H groups in total. The van der Waals surface area contributed by atoms with Gasteiger partial charge in [0.05, 0.1) is 18.3 Å². The molecule has 0 unspecified atom stereocenters. The van der Waals surface area contributed by atoms with E-state index in [0.29, 0.717) is 17.6 Å². The van der Waals surface area contributed by atoms with Crippen molar-refractivity contribution in [2.45, 2.75) is 26.7 Å². The smallest absolute Gasteiger partial charge is 0.192 e. The summed E-state index contributed by atoms with van der Waals surface area (Å²) in [6, 6.07) is 6.78. The van der Waals surface area contributed by atoms with Crippen molar-refractivity contribution in [3.05, 3.63) is 40.8 Å². The third-order valence-corrected chi connectivity index (χ3v) is 3.66. The van der Waals surface area contributed by atoms with Crippen molar-refractivity contribution in [2.75, 3.05) is 26.2 Å². The zero-order chi connectivity index (χ0) is 15.1. The summed E-state index contributed by atoms with van der Waals surface area (Å²) in [6.45, 7) is 8.36. The van der Waals surface area contributed by atoms with E-state index in [9.17, 15) is 4.79 Å². The van der Waals surface area contributed by atoms with Crippen LogP contribution in [0, 0.1) is 0 Å². The van der Waals surface area contributed by atoms with E-state index in [1.54, 1.807) is 12.1 Å². The van der Waals surface area contributed by atoms with Gasteiger partial charge in [0.2, 0.25) is 0 Å². The number of ether oxygens (including phenoxy) is 1. The van der Waals surface area contributed by atoms with E-state index in [-0.39, 0.29) is 5.43 Å². The number of hydrogen-bond acceptors (Lipinski definition) is 4. The number of rotatable bonds is 8. The molecule has 0 spiro atoms. The van der Waals surface area contributed by atoms with E-state index in [1.807, 2.05) is 6.07 Å². The van der Waals surface area contributed by atoms with E-state index in [4.69, 9.17) is 9.15 Å². The Morgan fingerprint density at radius 1 is 1.14 bits per heavy atom. The average Bonchev–Trinajstić information content (AvgIpc) is 2.51. The molecular weight excluding hydrogens is 266 g/mol. The minimum absolute atomic E-state index is 0.0259. The quantitative estimate of drug-likeness (QED) is 0.699. The van der Waals surface area contributed by atoms with Crippen LogP contribution in [-0.4, -0.2) is 31.1 Å². The number of fused-ring (bicyclic) bond motifs is 1. The third-order valence-electron chi connectivity index (χ3n) is 3.66. The summed E-state index contributed by atoms with van der Waals surface area (Å²) in [6.07, 6.45) is 3.57. The van der Waals surface area contributed by atoms with Gasteiger partial charge in [-0.3, -0.25) is 4.79 Å². The molecule has 0 atom stereocenters. The van der Waals surface area contributed by atoms with Crippen LogP contribution in [0.15, 0.2) is 39.7 Å². The van der Waals surface area contributed by atoms with Gasteiger partial charge in [-0.2, -0.15) is 0 Å². The van der Waals surface area contributed by atoms with Crippen molar-refractivity contribution in [1.82, 2.24) is 4.90 Å². The summed E-state index contributed by atoms with van der Waals surface area (Å²) in [5.41, 5.74) is 0.546. The van der Waals surface area contributed by atoms with E-state index in [2.05, 4.69) is 18.7 Å². The standard InChI is InChI=1S/C17H23NO3/c1-3-18(4-2)10-5-6-11-20-14-7-8-15-16(19)9-12-21-17(15)13-14/h7-9,12-13H,3-6,10-11H2,1-2H3. The monoisotopic (exact) mass is 289 g/mol. The molecule has 114 valence electrons. The Bertz CT molecular complexity index is 617. The van der Waals surface area contributed by atoms with Crippen molar-refractivity contribution >= 4 is 11.0 Å². The maximum absolute atomic E-state index is 11.6. The van der Waals surface area contributed by atoms with E-state index < -0.39 is 0 Å². The largest absolute Gasteiger partial charge is 0.493 e. The lowest BCUT2D eigenvalue weighted by Crippen LogP contribution is -2.24. The zero-order valence-corrected chi connectivity index (χ0v) is 12.8. The molecule has 2 rings (SSSR count). The molecule has 0 saturated heterocycles. The van der Waals surface area contributed by atoms with Crippen LogP contribution in [0.1, 0.15) is 26.7 Å². The number of hydrogen-bond donors (Lipinski definition) is 0. The molecule has 0 aliphatic rings. The second-order valence-corrected chi connectivity index (χ2v) is 5.03. The van der Waals surface area contributed by atoms with Crippen LogP contribution in [0.5, 0.6) is 5.75 Å². The van der Waals surface area contributed by atoms with Crippen LogP contribution in [0.3, 0.4) is 0 Å². The molecule has 4 nitrogen and oxygen atoms in total. The van der Waals surface area contributed by atoms with Crippen molar-refractivity contribution < 1.29 is 9.15 Å². The van der Waals surface area contributed by atoms with Gasteiger partial charge in [0.15, 0.2) is 5.43 Å². The molecule has 21 heavy (non-hydrogen) atoms. The first-order chi connectivity index (χ1) is 10.2. The first-order valence-electron chi connectivity index (χ1n) is 7.61. The highest BCUT2D eigenvalue weighted by molar-refractivity contribution is 5.77. The fourth-order valence-corrected chi connectivity index (χ4v) is 2.32. The van der Waals surface area contributed by atoms with Gasteiger partial charge < -0.3 is 14.1 Å². The Morgan fingerprint density at radius 2 is 1.95 bits per heavy atom. The minimum atomic E-state index is -0.0259. The number of benzene rings is 1. The second-order valence-electron chi connectivity index (χ2n) is 5.03. The molecule has 1 heterocycles. The van der Waals surface area contributed by atoms with Gasteiger partial charge in [-0.25, -0.2) is 0 Å². The summed E-state index contributed by atoms with van der Waals surface area (Å²) in [4.78, 5) is 14.0. The molecule has 0 aliphatic carbocycles. The highest BCUT2D eigenvalue weighted by Crippen LogP contribution is 2.18. The van der Waals surface area contributed by atoms with Crippen LogP contribution in [-0.2, 0) is 0 Å². The summed E-state index contributed by atoms with van der Waals surface area (Å²) in [5.74, 6) is 0.750. The number of unbranched alkanes of at least 4 members (excludes halogenated alkanes) is 1. The first kappa shape index (κ1) is 15.6. The Hall–Kier alpha value is -1.81. The first-order valence-corrected chi connectivity index (χ1v) is 7.61. The predicted octanol–water partition coefficient (Wildman–Crippen LogP) is 3.29. The highest BCUT2D eigenvalue weighted by atomic mass is 16.5. The fraction of sp³-hybridized carbons (Fsp3) is 0.471. The van der Waals surface area contributed by atoms with Gasteiger partial charge in [0, 0.05) is 12.1 Å². The summed E-state index contributed by atoms with van der Waals surface area (Å²) >= 11 is 0. The zero-order valence-electron chi connectivity index (χ0n) is 12.8. The second kappa shape index (κ2) is 7.84. The minimum Gasteiger partial charge on any atom is -0.493 e. The Morgan fingerprint density at radius 3 is 2.71 bits per heavy atom. The van der Waals surface area contributed by atoms with Crippen molar-refractivity contribution in [1.29, 1.82) is 0 Å². The lowest BCUT2D eigenvalue weighted by molar-refractivity contribution is 0.266. The van der Waals surface area contributed by atoms with Crippen LogP contribution in [0.4, 0.5) is 0 Å². The fourth-order valence-electron chi connectivity index (χ4n) is 2.32. The Kier molecular flexibility index (Phi) is 5.81.